The van der Waals surface area contributed by atoms with Crippen molar-refractivity contribution in [1.82, 2.24) is 10.3 Å². The number of aryl methyl sites for hydroxylation is 1. The van der Waals surface area contributed by atoms with Gasteiger partial charge in [-0.25, -0.2) is 0 Å². The third kappa shape index (κ3) is 5.52. The summed E-state index contributed by atoms with van der Waals surface area (Å²) in [5.74, 6) is 2.22. The van der Waals surface area contributed by atoms with Crippen molar-refractivity contribution >= 4 is 34.6 Å². The molecule has 1 saturated heterocycles. The molecule has 2 aromatic heterocycles. The Morgan fingerprint density at radius 1 is 1.13 bits per heavy atom. The van der Waals surface area contributed by atoms with Gasteiger partial charge in [0.05, 0.1) is 18.3 Å². The average molecular weight is 541 g/mol. The maximum absolute atomic E-state index is 12.3. The van der Waals surface area contributed by atoms with E-state index >= 15 is 0 Å². The van der Waals surface area contributed by atoms with E-state index in [0.29, 0.717) is 11.7 Å². The molecule has 0 bridgehead atoms. The van der Waals surface area contributed by atoms with E-state index in [1.165, 1.54) is 0 Å². The van der Waals surface area contributed by atoms with Crippen LogP contribution in [-0.2, 0) is 4.79 Å². The highest BCUT2D eigenvalue weighted by atomic mass is 32.1. The van der Waals surface area contributed by atoms with Gasteiger partial charge in [0.15, 0.2) is 5.11 Å². The Hall–Kier alpha value is -4.17. The SMILES string of the molecule is CCOc1ccc(-c2ccc(C3C(c4ccccn4)NC(=S)N3c3ccc(NC(=O)C(C)C)c(C)c3)o2)cc1. The maximum Gasteiger partial charge on any atom is 0.226 e. The number of thiocarbonyl (C=S) groups is 1. The predicted molar refractivity (Wildman–Crippen MR) is 158 cm³/mol. The molecule has 1 aliphatic rings. The Bertz CT molecular complexity index is 1470. The van der Waals surface area contributed by atoms with Crippen LogP contribution in [0.15, 0.2) is 83.4 Å². The highest BCUT2D eigenvalue weighted by Gasteiger charge is 2.42. The molecule has 2 N–H and O–H groups in total. The van der Waals surface area contributed by atoms with Crippen LogP contribution in [0.4, 0.5) is 11.4 Å². The second kappa shape index (κ2) is 11.3. The summed E-state index contributed by atoms with van der Waals surface area (Å²) in [6.07, 6.45) is 1.78. The molecule has 39 heavy (non-hydrogen) atoms. The number of rotatable bonds is 8. The summed E-state index contributed by atoms with van der Waals surface area (Å²) in [5, 5.41) is 7.05. The first kappa shape index (κ1) is 26.4. The summed E-state index contributed by atoms with van der Waals surface area (Å²) in [4.78, 5) is 19.0. The zero-order valence-corrected chi connectivity index (χ0v) is 23.3. The van der Waals surface area contributed by atoms with Crippen molar-refractivity contribution in [3.05, 3.63) is 96.0 Å². The normalized spacial score (nSPS) is 16.8. The molecule has 3 heterocycles. The fraction of sp³-hybridized carbons (Fsp3) is 0.258. The molecule has 0 saturated carbocycles. The van der Waals surface area contributed by atoms with E-state index in [1.54, 1.807) is 6.20 Å². The van der Waals surface area contributed by atoms with Gasteiger partial charge >= 0.3 is 0 Å². The van der Waals surface area contributed by atoms with E-state index in [0.717, 1.165) is 45.5 Å². The van der Waals surface area contributed by atoms with Gasteiger partial charge in [0.2, 0.25) is 5.91 Å². The molecule has 2 unspecified atom stereocenters. The van der Waals surface area contributed by atoms with Crippen LogP contribution in [0, 0.1) is 12.8 Å². The third-order valence-corrected chi connectivity index (χ3v) is 7.05. The van der Waals surface area contributed by atoms with Crippen molar-refractivity contribution in [1.29, 1.82) is 0 Å². The largest absolute Gasteiger partial charge is 0.494 e. The van der Waals surface area contributed by atoms with Crippen LogP contribution in [0.1, 0.15) is 49.9 Å². The van der Waals surface area contributed by atoms with E-state index in [1.807, 2.05) is 100 Å². The standard InChI is InChI=1S/C31H32N4O3S/c1-5-37-23-12-9-21(10-13-23)26-15-16-27(38-26)29-28(25-8-6-7-17-32-25)34-31(39)35(29)22-11-14-24(20(4)18-22)33-30(36)19(2)3/h6-19,28-29H,5H2,1-4H3,(H,33,36)(H,34,39). The number of furan rings is 1. The highest BCUT2D eigenvalue weighted by Crippen LogP contribution is 2.43. The van der Waals surface area contributed by atoms with E-state index in [2.05, 4.69) is 20.5 Å². The quantitative estimate of drug-likeness (QED) is 0.237. The first-order valence-electron chi connectivity index (χ1n) is 13.1. The monoisotopic (exact) mass is 540 g/mol. The molecule has 4 aromatic rings. The Morgan fingerprint density at radius 3 is 2.59 bits per heavy atom. The van der Waals surface area contributed by atoms with Crippen molar-refractivity contribution in [2.75, 3.05) is 16.8 Å². The number of ether oxygens (including phenoxy) is 1. The number of aromatic nitrogens is 1. The second-order valence-electron chi connectivity index (χ2n) is 9.80. The van der Waals surface area contributed by atoms with E-state index in [9.17, 15) is 4.79 Å². The van der Waals surface area contributed by atoms with Crippen LogP contribution in [-0.4, -0.2) is 22.6 Å². The van der Waals surface area contributed by atoms with Gasteiger partial charge in [-0.2, -0.15) is 0 Å². The number of carbonyl (C=O) groups excluding carboxylic acids is 1. The summed E-state index contributed by atoms with van der Waals surface area (Å²) in [5.41, 5.74) is 4.45. The van der Waals surface area contributed by atoms with Gasteiger partial charge in [-0.3, -0.25) is 9.78 Å². The molecule has 1 amide bonds. The zero-order chi connectivity index (χ0) is 27.5. The minimum absolute atomic E-state index is 0.0188. The van der Waals surface area contributed by atoms with Crippen molar-refractivity contribution in [2.24, 2.45) is 5.92 Å². The number of amides is 1. The third-order valence-electron chi connectivity index (χ3n) is 6.74. The summed E-state index contributed by atoms with van der Waals surface area (Å²) in [6.45, 7) is 8.32. The highest BCUT2D eigenvalue weighted by molar-refractivity contribution is 7.80. The fourth-order valence-electron chi connectivity index (χ4n) is 4.69. The van der Waals surface area contributed by atoms with Gasteiger partial charge in [0.1, 0.15) is 23.3 Å². The molecular weight excluding hydrogens is 508 g/mol. The number of carbonyl (C=O) groups is 1. The van der Waals surface area contributed by atoms with E-state index in [4.69, 9.17) is 21.4 Å². The Morgan fingerprint density at radius 2 is 1.92 bits per heavy atom. The van der Waals surface area contributed by atoms with Gasteiger partial charge in [-0.15, -0.1) is 0 Å². The molecular formula is C31H32N4O3S. The topological polar surface area (TPSA) is 79.6 Å². The van der Waals surface area contributed by atoms with Crippen LogP contribution in [0.2, 0.25) is 0 Å². The molecule has 2 aromatic carbocycles. The zero-order valence-electron chi connectivity index (χ0n) is 22.5. The minimum atomic E-state index is -0.278. The lowest BCUT2D eigenvalue weighted by Crippen LogP contribution is -2.29. The van der Waals surface area contributed by atoms with Crippen molar-refractivity contribution in [3.63, 3.8) is 0 Å². The number of hydrogen-bond donors (Lipinski definition) is 2. The molecule has 2 atom stereocenters. The lowest BCUT2D eigenvalue weighted by atomic mass is 10.0. The average Bonchev–Trinajstić information content (AvgIpc) is 3.55. The lowest BCUT2D eigenvalue weighted by molar-refractivity contribution is -0.118. The van der Waals surface area contributed by atoms with Crippen LogP contribution in [0.25, 0.3) is 11.3 Å². The van der Waals surface area contributed by atoms with Crippen LogP contribution < -0.4 is 20.3 Å². The Kier molecular flexibility index (Phi) is 7.65. The smallest absolute Gasteiger partial charge is 0.226 e. The van der Waals surface area contributed by atoms with Crippen LogP contribution in [0.3, 0.4) is 0 Å². The number of nitrogens with one attached hydrogen (secondary N) is 2. The minimum Gasteiger partial charge on any atom is -0.494 e. The molecule has 5 rings (SSSR count). The Labute approximate surface area is 234 Å². The summed E-state index contributed by atoms with van der Waals surface area (Å²) in [7, 11) is 0. The molecule has 7 nitrogen and oxygen atoms in total. The van der Waals surface area contributed by atoms with Crippen LogP contribution >= 0.6 is 12.2 Å². The van der Waals surface area contributed by atoms with E-state index < -0.39 is 0 Å². The number of benzene rings is 2. The van der Waals surface area contributed by atoms with Crippen molar-refractivity contribution in [2.45, 2.75) is 39.8 Å². The van der Waals surface area contributed by atoms with Crippen LogP contribution in [0.5, 0.6) is 5.75 Å². The molecule has 0 spiro atoms. The molecule has 200 valence electrons. The number of anilines is 2. The summed E-state index contributed by atoms with van der Waals surface area (Å²) in [6, 6.07) is 23.1. The fourth-order valence-corrected chi connectivity index (χ4v) is 5.03. The van der Waals surface area contributed by atoms with Crippen molar-refractivity contribution < 1.29 is 13.9 Å². The van der Waals surface area contributed by atoms with E-state index in [-0.39, 0.29) is 23.9 Å². The van der Waals surface area contributed by atoms with Gasteiger partial charge in [0, 0.05) is 29.1 Å². The predicted octanol–water partition coefficient (Wildman–Crippen LogP) is 6.82. The Balaban J connectivity index is 1.51. The number of nitrogens with zero attached hydrogens (tertiary/aromatic N) is 2. The summed E-state index contributed by atoms with van der Waals surface area (Å²) < 4.78 is 12.1. The van der Waals surface area contributed by atoms with Crippen molar-refractivity contribution in [3.8, 4) is 17.1 Å². The molecule has 0 aliphatic carbocycles. The molecule has 1 fully saturated rings. The molecule has 0 radical (unpaired) electrons. The summed E-state index contributed by atoms with van der Waals surface area (Å²) >= 11 is 5.86. The number of hydrogen-bond acceptors (Lipinski definition) is 5. The van der Waals surface area contributed by atoms with Gasteiger partial charge < -0.3 is 24.7 Å². The first-order chi connectivity index (χ1) is 18.9. The first-order valence-corrected chi connectivity index (χ1v) is 13.5. The molecule has 1 aliphatic heterocycles. The van der Waals surface area contributed by atoms with Gasteiger partial charge in [-0.05, 0) is 98.4 Å². The van der Waals surface area contributed by atoms with Gasteiger partial charge in [-0.1, -0.05) is 19.9 Å². The molecule has 8 heteroatoms. The number of pyridine rings is 1. The maximum atomic E-state index is 12.3. The van der Waals surface area contributed by atoms with Gasteiger partial charge in [0.25, 0.3) is 0 Å². The lowest BCUT2D eigenvalue weighted by Gasteiger charge is -2.27. The second-order valence-corrected chi connectivity index (χ2v) is 10.2.